The van der Waals surface area contributed by atoms with Crippen LogP contribution in [0.1, 0.15) is 103 Å². The number of piperazine rings is 1. The highest BCUT2D eigenvalue weighted by Gasteiger charge is 2.45. The summed E-state index contributed by atoms with van der Waals surface area (Å²) < 4.78 is 33.4. The summed E-state index contributed by atoms with van der Waals surface area (Å²) in [5.74, 6) is -2.15. The van der Waals surface area contributed by atoms with Gasteiger partial charge in [-0.3, -0.25) is 39.0 Å². The van der Waals surface area contributed by atoms with Crippen LogP contribution in [0.15, 0.2) is 24.4 Å². The van der Waals surface area contributed by atoms with E-state index in [1.165, 1.54) is 6.20 Å². The van der Waals surface area contributed by atoms with Gasteiger partial charge in [-0.2, -0.15) is 15.0 Å². The number of piperidine rings is 1. The van der Waals surface area contributed by atoms with Crippen molar-refractivity contribution in [1.29, 1.82) is 0 Å². The Morgan fingerprint density at radius 3 is 2.17 bits per heavy atom. The lowest BCUT2D eigenvalue weighted by Crippen LogP contribution is -2.54. The van der Waals surface area contributed by atoms with E-state index in [4.69, 9.17) is 10.5 Å². The Morgan fingerprint density at radius 2 is 1.48 bits per heavy atom. The Bertz CT molecular complexity index is 2220. The number of nitrogens with one attached hydrogen (secondary N) is 3. The number of halogens is 2. The zero-order chi connectivity index (χ0) is 45.2. The molecular formula is C42H53F2N13O7. The van der Waals surface area contributed by atoms with Crippen molar-refractivity contribution in [2.45, 2.75) is 83.1 Å². The number of hydrogen-bond acceptors (Lipinski definition) is 16. The van der Waals surface area contributed by atoms with Gasteiger partial charge in [0.05, 0.1) is 29.9 Å². The predicted molar refractivity (Wildman–Crippen MR) is 228 cm³/mol. The van der Waals surface area contributed by atoms with Gasteiger partial charge in [-0.05, 0) is 31.4 Å². The molecule has 64 heavy (non-hydrogen) atoms. The third-order valence-electron chi connectivity index (χ3n) is 11.6. The van der Waals surface area contributed by atoms with Gasteiger partial charge in [0.1, 0.15) is 11.7 Å². The average molecular weight is 890 g/mol. The Morgan fingerprint density at radius 1 is 0.812 bits per heavy atom. The van der Waals surface area contributed by atoms with Crippen LogP contribution in [-0.2, 0) is 23.9 Å². The number of benzene rings is 1. The molecule has 3 fully saturated rings. The smallest absolute Gasteiger partial charge is 0.281 e. The lowest BCUT2D eigenvalue weighted by Gasteiger charge is -2.35. The second kappa shape index (κ2) is 21.3. The number of ether oxygens (including phenoxy) is 1. The molecule has 0 bridgehead atoms. The molecule has 3 aromatic rings. The molecule has 7 rings (SSSR count). The van der Waals surface area contributed by atoms with Gasteiger partial charge in [-0.1, -0.05) is 38.2 Å². The topological polar surface area (TPSA) is 251 Å². The van der Waals surface area contributed by atoms with Crippen molar-refractivity contribution in [3.63, 3.8) is 0 Å². The number of hydrogen-bond donors (Lipinski definition) is 4. The number of imide groups is 2. The number of amides is 6. The Balaban J connectivity index is 0.763. The highest BCUT2D eigenvalue weighted by molar-refractivity contribution is 6.25. The molecule has 0 saturated carbocycles. The van der Waals surface area contributed by atoms with Crippen LogP contribution in [0.5, 0.6) is 0 Å². The molecule has 5 N–H and O–H groups in total. The molecule has 342 valence electrons. The summed E-state index contributed by atoms with van der Waals surface area (Å²) in [5, 5.41) is 8.40. The fourth-order valence-corrected chi connectivity index (χ4v) is 8.14. The summed E-state index contributed by atoms with van der Waals surface area (Å²) in [6.45, 7) is 4.57. The van der Waals surface area contributed by atoms with Crippen LogP contribution in [0.25, 0.3) is 11.4 Å². The van der Waals surface area contributed by atoms with Crippen LogP contribution in [0.4, 0.5) is 32.3 Å². The first-order chi connectivity index (χ1) is 31.0. The summed E-state index contributed by atoms with van der Waals surface area (Å²) in [6.07, 6.45) is 5.25. The molecule has 0 spiro atoms. The predicted octanol–water partition coefficient (Wildman–Crippen LogP) is 2.47. The van der Waals surface area contributed by atoms with Crippen LogP contribution in [0.2, 0.25) is 0 Å². The minimum atomic E-state index is -2.94. The van der Waals surface area contributed by atoms with Gasteiger partial charge in [0.15, 0.2) is 5.82 Å². The molecule has 1 aromatic carbocycles. The summed E-state index contributed by atoms with van der Waals surface area (Å²) in [7, 11) is 0. The van der Waals surface area contributed by atoms with Gasteiger partial charge in [-0.15, -0.1) is 0 Å². The largest absolute Gasteiger partial charge is 0.384 e. The first-order valence-corrected chi connectivity index (χ1v) is 21.9. The Kier molecular flexibility index (Phi) is 15.2. The number of alkyl halides is 2. The van der Waals surface area contributed by atoms with Crippen molar-refractivity contribution in [2.24, 2.45) is 0 Å². The normalized spacial score (nSPS) is 17.8. The maximum atomic E-state index is 14.0. The molecule has 0 aliphatic carbocycles. The molecule has 6 amide bonds. The van der Waals surface area contributed by atoms with E-state index in [0.29, 0.717) is 77.2 Å². The summed E-state index contributed by atoms with van der Waals surface area (Å²) in [4.78, 5) is 104. The van der Waals surface area contributed by atoms with Crippen molar-refractivity contribution in [2.75, 3.05) is 86.4 Å². The molecule has 20 nitrogen and oxygen atoms in total. The zero-order valence-electron chi connectivity index (χ0n) is 35.5. The van der Waals surface area contributed by atoms with Gasteiger partial charge in [-0.25, -0.2) is 18.7 Å². The Labute approximate surface area is 368 Å². The monoisotopic (exact) mass is 889 g/mol. The summed E-state index contributed by atoms with van der Waals surface area (Å²) >= 11 is 0. The summed E-state index contributed by atoms with van der Waals surface area (Å²) in [6, 6.07) is 4.01. The molecule has 2 aromatic heterocycles. The maximum absolute atomic E-state index is 14.0. The second-order valence-electron chi connectivity index (χ2n) is 16.0. The molecular weight excluding hydrogens is 837 g/mol. The van der Waals surface area contributed by atoms with Crippen molar-refractivity contribution in [3.05, 3.63) is 41.2 Å². The Hall–Kier alpha value is -6.45. The van der Waals surface area contributed by atoms with E-state index in [1.807, 2.05) is 9.80 Å². The number of carbonyl (C=O) groups excluding carboxylic acids is 6. The van der Waals surface area contributed by atoms with Crippen molar-refractivity contribution in [1.82, 2.24) is 45.4 Å². The third kappa shape index (κ3) is 11.0. The fourth-order valence-electron chi connectivity index (χ4n) is 8.14. The van der Waals surface area contributed by atoms with Gasteiger partial charge in [0.2, 0.25) is 41.5 Å². The van der Waals surface area contributed by atoms with E-state index in [2.05, 4.69) is 40.9 Å². The van der Waals surface area contributed by atoms with Crippen molar-refractivity contribution in [3.8, 4) is 11.4 Å². The minimum absolute atomic E-state index is 0.00879. The van der Waals surface area contributed by atoms with Crippen LogP contribution in [-0.4, -0.2) is 142 Å². The zero-order valence-corrected chi connectivity index (χ0v) is 35.5. The molecule has 6 heterocycles. The highest BCUT2D eigenvalue weighted by atomic mass is 19.3. The van der Waals surface area contributed by atoms with Crippen molar-refractivity contribution < 1.29 is 42.3 Å². The van der Waals surface area contributed by atoms with Gasteiger partial charge in [0.25, 0.3) is 18.2 Å². The van der Waals surface area contributed by atoms with E-state index in [-0.39, 0.29) is 71.9 Å². The van der Waals surface area contributed by atoms with Gasteiger partial charge < -0.3 is 35.8 Å². The number of nitrogens with zero attached hydrogens (tertiary/aromatic N) is 9. The van der Waals surface area contributed by atoms with Gasteiger partial charge in [0, 0.05) is 83.5 Å². The highest BCUT2D eigenvalue weighted by Crippen LogP contribution is 2.33. The number of morpholine rings is 1. The quantitative estimate of drug-likeness (QED) is 0.0997. The lowest BCUT2D eigenvalue weighted by atomic mass is 10.0. The molecule has 4 aliphatic heterocycles. The van der Waals surface area contributed by atoms with Crippen LogP contribution in [0, 0.1) is 0 Å². The molecule has 0 radical (unpaired) electrons. The number of aromatic nitrogens is 5. The van der Waals surface area contributed by atoms with Gasteiger partial charge >= 0.3 is 0 Å². The molecule has 4 aliphatic rings. The lowest BCUT2D eigenvalue weighted by molar-refractivity contribution is -0.136. The number of nitrogen functional groups attached to an aromatic ring is 1. The minimum Gasteiger partial charge on any atom is -0.384 e. The van der Waals surface area contributed by atoms with Crippen LogP contribution >= 0.6 is 0 Å². The van der Waals surface area contributed by atoms with E-state index < -0.39 is 41.8 Å². The first-order valence-electron chi connectivity index (χ1n) is 21.9. The molecule has 1 atom stereocenters. The SMILES string of the molecule is Nc1ncc(-c2nc(N3CCOCC3)nc(N3CCN(C(=O)CCC(=O)NCCCCCCCCCNc4cccc5c4C(=O)N(C4CCC(=O)NC4=O)C5=O)CC3)n2)c(C(F)F)n1. The third-order valence-corrected chi connectivity index (χ3v) is 11.6. The fraction of sp³-hybridized carbons (Fsp3) is 0.548. The number of rotatable bonds is 19. The average Bonchev–Trinajstić information content (AvgIpc) is 3.56. The van der Waals surface area contributed by atoms with E-state index in [0.717, 1.165) is 49.8 Å². The molecule has 1 unspecified atom stereocenters. The van der Waals surface area contributed by atoms with E-state index in [9.17, 15) is 37.5 Å². The summed E-state index contributed by atoms with van der Waals surface area (Å²) in [5.41, 5.74) is 6.01. The molecule has 22 heteroatoms. The van der Waals surface area contributed by atoms with E-state index >= 15 is 0 Å². The van der Waals surface area contributed by atoms with Crippen LogP contribution in [0.3, 0.4) is 0 Å². The first kappa shape index (κ1) is 45.6. The number of carbonyl (C=O) groups is 6. The van der Waals surface area contributed by atoms with Crippen LogP contribution < -0.4 is 31.5 Å². The molecule has 3 saturated heterocycles. The number of unbranched alkanes of at least 4 members (excludes halogenated alkanes) is 6. The number of nitrogens with two attached hydrogens (primary N) is 1. The standard InChI is InChI=1S/C42H53F2N13O7/c43-35(44)34-27(25-48-40(45)50-34)36-51-41(53-42(52-36)56-21-23-64-24-22-56)55-19-17-54(18-20-55)32(60)14-13-30(58)47-16-7-5-3-1-2-4-6-15-46-28-10-8-9-26-33(28)39(63)57(38(26)62)29-11-12-31(59)49-37(29)61/h8-10,25,29,35,46H,1-7,11-24H2,(H,47,58)(H2,45,48,50)(H,49,59,61). The number of anilines is 4. The van der Waals surface area contributed by atoms with E-state index in [1.54, 1.807) is 23.1 Å². The van der Waals surface area contributed by atoms with Crippen molar-refractivity contribution >= 4 is 59.0 Å². The number of fused-ring (bicyclic) bond motifs is 1. The second-order valence-corrected chi connectivity index (χ2v) is 16.0. The maximum Gasteiger partial charge on any atom is 0.281 e.